The average molecular weight is 418 g/mol. The van der Waals surface area contributed by atoms with Gasteiger partial charge in [0.05, 0.1) is 17.9 Å². The lowest BCUT2D eigenvalue weighted by Crippen LogP contribution is -2.58. The van der Waals surface area contributed by atoms with Crippen LogP contribution in [0.5, 0.6) is 0 Å². The second kappa shape index (κ2) is 7.31. The second-order valence-electron chi connectivity index (χ2n) is 11.6. The highest BCUT2D eigenvalue weighted by Crippen LogP contribution is 2.69. The smallest absolute Gasteiger partial charge is 0.162 e. The van der Waals surface area contributed by atoms with Gasteiger partial charge in [0, 0.05) is 19.1 Å². The van der Waals surface area contributed by atoms with Crippen molar-refractivity contribution in [1.82, 2.24) is 5.16 Å². The number of fused-ring (bicyclic) bond motifs is 5. The Labute approximate surface area is 180 Å². The predicted molar refractivity (Wildman–Crippen MR) is 114 cm³/mol. The van der Waals surface area contributed by atoms with Gasteiger partial charge in [-0.15, -0.1) is 0 Å². The molecule has 0 saturated heterocycles. The summed E-state index contributed by atoms with van der Waals surface area (Å²) in [4.78, 5) is 0. The summed E-state index contributed by atoms with van der Waals surface area (Å²) in [5.74, 6) is 3.82. The molecule has 4 fully saturated rings. The average Bonchev–Trinajstić information content (AvgIpc) is 3.31. The molecule has 5 heteroatoms. The number of aromatic nitrogens is 1. The van der Waals surface area contributed by atoms with Crippen molar-refractivity contribution in [2.45, 2.75) is 89.8 Å². The maximum Gasteiger partial charge on any atom is 0.162 e. The molecule has 5 nitrogen and oxygen atoms in total. The quantitative estimate of drug-likeness (QED) is 0.744. The Hall–Kier alpha value is -0.910. The molecule has 0 amide bonds. The van der Waals surface area contributed by atoms with Crippen LogP contribution in [0.2, 0.25) is 0 Å². The van der Waals surface area contributed by atoms with Crippen molar-refractivity contribution >= 4 is 0 Å². The molecule has 168 valence electrons. The zero-order valence-electron chi connectivity index (χ0n) is 18.9. The fourth-order valence-corrected chi connectivity index (χ4v) is 8.84. The van der Waals surface area contributed by atoms with E-state index in [2.05, 4.69) is 12.1 Å². The Morgan fingerprint density at radius 3 is 2.67 bits per heavy atom. The van der Waals surface area contributed by atoms with Crippen LogP contribution in [0.1, 0.15) is 89.0 Å². The summed E-state index contributed by atoms with van der Waals surface area (Å²) in [6, 6.07) is 1.98. The molecule has 2 N–H and O–H groups in total. The first-order valence-electron chi connectivity index (χ1n) is 12.1. The minimum absolute atomic E-state index is 0.0741. The number of aliphatic hydroxyl groups excluding tert-OH is 1. The molecule has 4 saturated carbocycles. The molecule has 0 aliphatic heterocycles. The lowest BCUT2D eigenvalue weighted by Gasteiger charge is -2.62. The highest BCUT2D eigenvalue weighted by atomic mass is 16.5. The van der Waals surface area contributed by atoms with Gasteiger partial charge in [-0.25, -0.2) is 0 Å². The van der Waals surface area contributed by atoms with E-state index in [1.165, 1.54) is 38.5 Å². The van der Waals surface area contributed by atoms with E-state index in [0.717, 1.165) is 49.3 Å². The van der Waals surface area contributed by atoms with Crippen molar-refractivity contribution in [3.63, 3.8) is 0 Å². The number of hydrogen-bond acceptors (Lipinski definition) is 5. The van der Waals surface area contributed by atoms with Crippen molar-refractivity contribution in [3.05, 3.63) is 17.5 Å². The lowest BCUT2D eigenvalue weighted by atomic mass is 9.43. The molecule has 0 radical (unpaired) electrons. The van der Waals surface area contributed by atoms with Crippen molar-refractivity contribution in [3.8, 4) is 0 Å². The Balaban J connectivity index is 1.43. The fraction of sp³-hybridized carbons (Fsp3) is 0.880. The first-order chi connectivity index (χ1) is 14.3. The molecule has 1 aromatic rings. The van der Waals surface area contributed by atoms with E-state index in [1.54, 1.807) is 0 Å². The zero-order chi connectivity index (χ0) is 21.1. The van der Waals surface area contributed by atoms with Crippen LogP contribution in [-0.4, -0.2) is 34.7 Å². The summed E-state index contributed by atoms with van der Waals surface area (Å²) in [6.07, 6.45) is 10.4. The van der Waals surface area contributed by atoms with Gasteiger partial charge in [-0.2, -0.15) is 0 Å². The third-order valence-electron chi connectivity index (χ3n) is 10.2. The minimum Gasteiger partial charge on any atom is -0.390 e. The van der Waals surface area contributed by atoms with Gasteiger partial charge in [-0.1, -0.05) is 12.1 Å². The summed E-state index contributed by atoms with van der Waals surface area (Å²) < 4.78 is 11.2. The van der Waals surface area contributed by atoms with Gasteiger partial charge in [-0.05, 0) is 99.2 Å². The Bertz CT molecular complexity index is 775. The molecular formula is C25H39NO4. The van der Waals surface area contributed by atoms with E-state index in [1.807, 2.05) is 20.1 Å². The summed E-state index contributed by atoms with van der Waals surface area (Å²) >= 11 is 0. The van der Waals surface area contributed by atoms with Crippen LogP contribution in [0.4, 0.5) is 0 Å². The van der Waals surface area contributed by atoms with E-state index in [9.17, 15) is 10.2 Å². The van der Waals surface area contributed by atoms with Gasteiger partial charge in [-0.3, -0.25) is 0 Å². The van der Waals surface area contributed by atoms with E-state index in [4.69, 9.17) is 9.26 Å². The van der Waals surface area contributed by atoms with Gasteiger partial charge >= 0.3 is 0 Å². The van der Waals surface area contributed by atoms with Gasteiger partial charge in [0.25, 0.3) is 0 Å². The number of ether oxygens (including phenoxy) is 1. The molecule has 0 bridgehead atoms. The number of hydrogen-bond donors (Lipinski definition) is 2. The van der Waals surface area contributed by atoms with Crippen molar-refractivity contribution < 1.29 is 19.5 Å². The van der Waals surface area contributed by atoms with E-state index < -0.39 is 5.60 Å². The maximum absolute atomic E-state index is 10.8. The van der Waals surface area contributed by atoms with Crippen LogP contribution in [0.15, 0.2) is 10.6 Å². The summed E-state index contributed by atoms with van der Waals surface area (Å²) in [5, 5.41) is 24.6. The third kappa shape index (κ3) is 3.02. The normalized spacial score (nSPS) is 48.1. The lowest BCUT2D eigenvalue weighted by molar-refractivity contribution is -0.172. The monoisotopic (exact) mass is 417 g/mol. The Morgan fingerprint density at radius 1 is 1.10 bits per heavy atom. The SMILES string of the molecule is COC[C@]12CC[C@@](C)(O)C[C@@H]1CC[C@H]1[C@@H]3CC[C@H](c4cc(CO)on4)[C@@]3(C)CC[C@@H]12. The fourth-order valence-electron chi connectivity index (χ4n) is 8.84. The van der Waals surface area contributed by atoms with Crippen LogP contribution in [0.3, 0.4) is 0 Å². The second-order valence-corrected chi connectivity index (χ2v) is 11.6. The van der Waals surface area contributed by atoms with Crippen molar-refractivity contribution in [2.75, 3.05) is 13.7 Å². The van der Waals surface area contributed by atoms with E-state index >= 15 is 0 Å². The number of aliphatic hydroxyl groups is 2. The molecule has 5 rings (SSSR count). The number of rotatable bonds is 4. The number of nitrogens with zero attached hydrogens (tertiary/aromatic N) is 1. The molecule has 1 aromatic heterocycles. The zero-order valence-corrected chi connectivity index (χ0v) is 18.9. The van der Waals surface area contributed by atoms with Crippen LogP contribution < -0.4 is 0 Å². The maximum atomic E-state index is 10.8. The molecule has 4 aliphatic rings. The molecular weight excluding hydrogens is 378 g/mol. The molecule has 8 atom stereocenters. The molecule has 30 heavy (non-hydrogen) atoms. The first kappa shape index (κ1) is 21.0. The highest BCUT2D eigenvalue weighted by molar-refractivity contribution is 5.20. The predicted octanol–water partition coefficient (Wildman–Crippen LogP) is 4.67. The van der Waals surface area contributed by atoms with Crippen molar-refractivity contribution in [2.24, 2.45) is 34.5 Å². The van der Waals surface area contributed by atoms with Gasteiger partial charge in [0.15, 0.2) is 5.76 Å². The van der Waals surface area contributed by atoms with Gasteiger partial charge in [0.1, 0.15) is 6.61 Å². The molecule has 0 aromatic carbocycles. The van der Waals surface area contributed by atoms with Crippen molar-refractivity contribution in [1.29, 1.82) is 0 Å². The standard InChI is InChI=1S/C25H39NO4/c1-23(28)10-11-25(15-29-3)16(13-23)4-5-18-19-6-7-21(22-12-17(14-27)30-26-22)24(19,2)9-8-20(18)25/h12,16,18-21,27-28H,4-11,13-15H2,1-3H3/t16-,18-,19-,20-,21+,23+,24-,25+/m0/s1. The van der Waals surface area contributed by atoms with Crippen LogP contribution in [0.25, 0.3) is 0 Å². The van der Waals surface area contributed by atoms with Gasteiger partial charge < -0.3 is 19.5 Å². The van der Waals surface area contributed by atoms with Crippen LogP contribution in [-0.2, 0) is 11.3 Å². The van der Waals surface area contributed by atoms with E-state index in [0.29, 0.717) is 17.6 Å². The molecule has 4 aliphatic carbocycles. The van der Waals surface area contributed by atoms with E-state index in [-0.39, 0.29) is 17.4 Å². The molecule has 0 unspecified atom stereocenters. The molecule has 0 spiro atoms. The summed E-state index contributed by atoms with van der Waals surface area (Å²) in [5.41, 5.74) is 1.06. The Kier molecular flexibility index (Phi) is 5.11. The summed E-state index contributed by atoms with van der Waals surface area (Å²) in [6.45, 7) is 5.31. The highest BCUT2D eigenvalue weighted by Gasteiger charge is 2.62. The Morgan fingerprint density at radius 2 is 1.93 bits per heavy atom. The minimum atomic E-state index is -0.506. The molecule has 1 heterocycles. The van der Waals surface area contributed by atoms with Crippen LogP contribution >= 0.6 is 0 Å². The number of methoxy groups -OCH3 is 1. The topological polar surface area (TPSA) is 75.7 Å². The van der Waals surface area contributed by atoms with Gasteiger partial charge in [0.2, 0.25) is 0 Å². The first-order valence-corrected chi connectivity index (χ1v) is 12.1. The largest absolute Gasteiger partial charge is 0.390 e. The summed E-state index contributed by atoms with van der Waals surface area (Å²) in [7, 11) is 1.87. The van der Waals surface area contributed by atoms with Crippen LogP contribution in [0, 0.1) is 34.5 Å². The third-order valence-corrected chi connectivity index (χ3v) is 10.2.